The van der Waals surface area contributed by atoms with Gasteiger partial charge in [-0.15, -0.1) is 0 Å². The van der Waals surface area contributed by atoms with Crippen molar-refractivity contribution in [3.05, 3.63) is 20.2 Å². The number of hydrogen-bond acceptors (Lipinski definition) is 6. The van der Waals surface area contributed by atoms with E-state index < -0.39 is 28.7 Å². The minimum atomic E-state index is -2.57. The normalized spacial score (nSPS) is 11.3. The van der Waals surface area contributed by atoms with E-state index in [1.807, 2.05) is 0 Å². The third kappa shape index (κ3) is 3.74. The maximum atomic E-state index is 10.6. The predicted octanol–water partition coefficient (Wildman–Crippen LogP) is 0.662. The van der Waals surface area contributed by atoms with E-state index in [0.29, 0.717) is 0 Å². The summed E-state index contributed by atoms with van der Waals surface area (Å²) < 4.78 is 8.96. The highest BCUT2D eigenvalue weighted by Gasteiger charge is 2.57. The van der Waals surface area contributed by atoms with Gasteiger partial charge in [0.05, 0.1) is 0 Å². The first kappa shape index (κ1) is 14.3. The van der Waals surface area contributed by atoms with Gasteiger partial charge in [0.2, 0.25) is 0 Å². The molecule has 0 rings (SSSR count). The van der Waals surface area contributed by atoms with Crippen LogP contribution in [0.1, 0.15) is 0 Å². The highest BCUT2D eigenvalue weighted by atomic mass is 35.5. The molecule has 0 saturated carbocycles. The fourth-order valence-electron chi connectivity index (χ4n) is 0.723. The van der Waals surface area contributed by atoms with Crippen molar-refractivity contribution in [3.8, 4) is 0 Å². The number of hydrogen-bond donors (Lipinski definition) is 0. The molecule has 0 heterocycles. The molecule has 0 aliphatic carbocycles. The van der Waals surface area contributed by atoms with Crippen LogP contribution in [0.15, 0.2) is 0 Å². The first-order valence-corrected chi connectivity index (χ1v) is 4.64. The minimum absolute atomic E-state index is 0.385. The maximum absolute atomic E-state index is 10.6. The summed E-state index contributed by atoms with van der Waals surface area (Å²) in [6, 6.07) is -0.769. The van der Waals surface area contributed by atoms with Gasteiger partial charge in [0.15, 0.2) is 13.2 Å². The Morgan fingerprint density at radius 2 is 1.33 bits per heavy atom. The maximum Gasteiger partial charge on any atom is 0.503 e. The van der Waals surface area contributed by atoms with E-state index in [4.69, 9.17) is 23.2 Å². The van der Waals surface area contributed by atoms with Crippen LogP contribution in [0.2, 0.25) is 0 Å². The van der Waals surface area contributed by atoms with Crippen molar-refractivity contribution >= 4 is 23.2 Å². The van der Waals surface area contributed by atoms with E-state index >= 15 is 0 Å². The lowest BCUT2D eigenvalue weighted by Crippen LogP contribution is -2.54. The van der Waals surface area contributed by atoms with Crippen LogP contribution < -0.4 is 0 Å². The summed E-state index contributed by atoms with van der Waals surface area (Å²) in [7, 11) is 0. The average molecular weight is 263 g/mol. The Kier molecular flexibility index (Phi) is 6.41. The molecule has 15 heavy (non-hydrogen) atoms. The Hall–Kier alpha value is -0.700. The quantitative estimate of drug-likeness (QED) is 0.275. The Morgan fingerprint density at radius 1 is 1.00 bits per heavy atom. The second-order valence-corrected chi connectivity index (χ2v) is 2.85. The molecule has 0 bridgehead atoms. The van der Waals surface area contributed by atoms with Crippen LogP contribution in [0.5, 0.6) is 0 Å². The molecule has 0 amide bonds. The van der Waals surface area contributed by atoms with Gasteiger partial charge in [-0.05, 0) is 0 Å². The van der Waals surface area contributed by atoms with Gasteiger partial charge in [0.1, 0.15) is 22.0 Å². The highest BCUT2D eigenvalue weighted by Crippen LogP contribution is 2.13. The van der Waals surface area contributed by atoms with Gasteiger partial charge in [-0.3, -0.25) is 20.2 Å². The summed E-state index contributed by atoms with van der Waals surface area (Å²) in [6.45, 7) is -1.57. The molecule has 10 heteroatoms. The molecule has 0 spiro atoms. The minimum Gasteiger partial charge on any atom is -0.350 e. The van der Waals surface area contributed by atoms with Gasteiger partial charge in [-0.1, -0.05) is 23.2 Å². The fraction of sp³-hybridized carbons (Fsp3) is 1.00. The zero-order valence-corrected chi connectivity index (χ0v) is 8.94. The third-order valence-corrected chi connectivity index (χ3v) is 1.81. The fourth-order valence-corrected chi connectivity index (χ4v) is 0.878. The van der Waals surface area contributed by atoms with Gasteiger partial charge in [-0.25, -0.2) is 0 Å². The van der Waals surface area contributed by atoms with Gasteiger partial charge >= 0.3 is 5.66 Å². The van der Waals surface area contributed by atoms with Crippen LogP contribution in [-0.2, 0) is 9.47 Å². The monoisotopic (exact) mass is 262 g/mol. The average Bonchev–Trinajstić information content (AvgIpc) is 2.17. The summed E-state index contributed by atoms with van der Waals surface area (Å²) in [5.74, 6) is 0. The first-order valence-electron chi connectivity index (χ1n) is 3.57. The molecular formula is C5H8Cl2N2O6. The third-order valence-electron chi connectivity index (χ3n) is 1.50. The molecule has 0 aromatic rings. The van der Waals surface area contributed by atoms with E-state index in [1.54, 1.807) is 0 Å². The molecule has 88 valence electrons. The number of ether oxygens (including phenoxy) is 2. The molecule has 8 nitrogen and oxygen atoms in total. The second-order valence-electron chi connectivity index (χ2n) is 2.41. The second kappa shape index (κ2) is 6.72. The molecule has 0 unspecified atom stereocenters. The van der Waals surface area contributed by atoms with Crippen molar-refractivity contribution in [2.45, 2.75) is 5.66 Å². The van der Waals surface area contributed by atoms with Crippen molar-refractivity contribution in [2.24, 2.45) is 0 Å². The van der Waals surface area contributed by atoms with Crippen LogP contribution in [0.25, 0.3) is 0 Å². The van der Waals surface area contributed by atoms with Crippen LogP contribution >= 0.6 is 23.2 Å². The number of halogens is 2. The molecule has 0 aliphatic heterocycles. The molecule has 0 N–H and O–H groups in total. The number of alkyl halides is 2. The van der Waals surface area contributed by atoms with E-state index in [1.165, 1.54) is 0 Å². The van der Waals surface area contributed by atoms with Gasteiger partial charge < -0.3 is 9.47 Å². The topological polar surface area (TPSA) is 105 Å². The molecule has 0 atom stereocenters. The molecule has 0 aliphatic rings. The lowest BCUT2D eigenvalue weighted by atomic mass is 10.2. The van der Waals surface area contributed by atoms with Crippen LogP contribution in [-0.4, -0.2) is 40.9 Å². The highest BCUT2D eigenvalue weighted by molar-refractivity contribution is 6.17. The summed E-state index contributed by atoms with van der Waals surface area (Å²) in [5, 5.41) is 21.2. The molecule has 0 saturated heterocycles. The van der Waals surface area contributed by atoms with Gasteiger partial charge in [0.25, 0.3) is 0 Å². The van der Waals surface area contributed by atoms with Crippen LogP contribution in [0.3, 0.4) is 0 Å². The molecule has 0 fully saturated rings. The van der Waals surface area contributed by atoms with Crippen molar-refractivity contribution in [3.63, 3.8) is 0 Å². The lowest BCUT2D eigenvalue weighted by Gasteiger charge is -2.15. The SMILES string of the molecule is O=[N+]([O-])C(COCCl)(COCCl)[N+](=O)[O-]. The summed E-state index contributed by atoms with van der Waals surface area (Å²) in [4.78, 5) is 19.0. The van der Waals surface area contributed by atoms with Crippen molar-refractivity contribution in [1.82, 2.24) is 0 Å². The van der Waals surface area contributed by atoms with Gasteiger partial charge in [-0.2, -0.15) is 0 Å². The van der Waals surface area contributed by atoms with Gasteiger partial charge in [0, 0.05) is 0 Å². The largest absolute Gasteiger partial charge is 0.503 e. The van der Waals surface area contributed by atoms with Crippen molar-refractivity contribution in [1.29, 1.82) is 0 Å². The Labute approximate surface area is 94.3 Å². The van der Waals surface area contributed by atoms with Crippen molar-refractivity contribution in [2.75, 3.05) is 25.3 Å². The zero-order chi connectivity index (χ0) is 11.9. The molecule has 0 radical (unpaired) electrons. The number of nitrogens with zero attached hydrogens (tertiary/aromatic N) is 2. The van der Waals surface area contributed by atoms with E-state index in [0.717, 1.165) is 0 Å². The van der Waals surface area contributed by atoms with E-state index in [2.05, 4.69) is 9.47 Å². The smallest absolute Gasteiger partial charge is 0.350 e. The standard InChI is InChI=1S/C5H8Cl2N2O6/c6-3-14-1-5(8(10)11,9(12)13)2-15-4-7/h1-4H2. The molecule has 0 aromatic heterocycles. The zero-order valence-electron chi connectivity index (χ0n) is 7.43. The number of nitro groups is 2. The van der Waals surface area contributed by atoms with E-state index in [-0.39, 0.29) is 12.1 Å². The van der Waals surface area contributed by atoms with Crippen molar-refractivity contribution < 1.29 is 19.3 Å². The Morgan fingerprint density at radius 3 is 1.53 bits per heavy atom. The Balaban J connectivity index is 4.73. The lowest BCUT2D eigenvalue weighted by molar-refractivity contribution is -0.800. The van der Waals surface area contributed by atoms with Crippen LogP contribution in [0.4, 0.5) is 0 Å². The molecular weight excluding hydrogens is 255 g/mol. The van der Waals surface area contributed by atoms with Crippen LogP contribution in [0, 0.1) is 20.2 Å². The first-order chi connectivity index (χ1) is 7.01. The summed E-state index contributed by atoms with van der Waals surface area (Å²) in [5.41, 5.74) is -2.57. The Bertz CT molecular complexity index is 214. The molecule has 0 aromatic carbocycles. The summed E-state index contributed by atoms with van der Waals surface area (Å²) in [6.07, 6.45) is 0. The number of rotatable bonds is 8. The van der Waals surface area contributed by atoms with E-state index in [9.17, 15) is 20.2 Å². The predicted molar refractivity (Wildman–Crippen MR) is 50.1 cm³/mol. The summed E-state index contributed by atoms with van der Waals surface area (Å²) >= 11 is 10.2.